The molecule has 1 heterocycles. The molecule has 22 heavy (non-hydrogen) atoms. The maximum absolute atomic E-state index is 13.3. The van der Waals surface area contributed by atoms with Crippen LogP contribution in [0.5, 0.6) is 5.75 Å². The van der Waals surface area contributed by atoms with Gasteiger partial charge in [-0.3, -0.25) is 0 Å². The second kappa shape index (κ2) is 7.95. The Morgan fingerprint density at radius 1 is 1.55 bits per heavy atom. The van der Waals surface area contributed by atoms with Crippen LogP contribution in [0.1, 0.15) is 24.4 Å². The van der Waals surface area contributed by atoms with Crippen molar-refractivity contribution in [3.63, 3.8) is 0 Å². The predicted molar refractivity (Wildman–Crippen MR) is 78.3 cm³/mol. The van der Waals surface area contributed by atoms with Gasteiger partial charge in [0.25, 0.3) is 0 Å². The number of aliphatic hydroxyl groups excluding tert-OH is 1. The largest absolute Gasteiger partial charge is 0.496 e. The average Bonchev–Trinajstić information content (AvgIpc) is 2.53. The Bertz CT molecular complexity index is 512. The van der Waals surface area contributed by atoms with E-state index >= 15 is 0 Å². The fourth-order valence-corrected chi connectivity index (χ4v) is 2.55. The Hall–Kier alpha value is -1.86. The number of nitrogens with one attached hydrogen (secondary N) is 2. The normalized spacial score (nSPS) is 21.2. The van der Waals surface area contributed by atoms with E-state index in [0.29, 0.717) is 25.1 Å². The average molecular weight is 312 g/mol. The fourth-order valence-electron chi connectivity index (χ4n) is 2.55. The van der Waals surface area contributed by atoms with Crippen LogP contribution in [0.2, 0.25) is 0 Å². The van der Waals surface area contributed by atoms with E-state index in [0.717, 1.165) is 5.56 Å². The highest BCUT2D eigenvalue weighted by Gasteiger charge is 2.27. The van der Waals surface area contributed by atoms with Gasteiger partial charge in [0.15, 0.2) is 0 Å². The quantitative estimate of drug-likeness (QED) is 0.765. The highest BCUT2D eigenvalue weighted by molar-refractivity contribution is 5.67. The lowest BCUT2D eigenvalue weighted by Gasteiger charge is -2.31. The summed E-state index contributed by atoms with van der Waals surface area (Å²) in [5.74, 6) is 0.121. The first-order chi connectivity index (χ1) is 10.6. The predicted octanol–water partition coefficient (Wildman–Crippen LogP) is 1.35. The lowest BCUT2D eigenvalue weighted by molar-refractivity contribution is 0.0672. The Kier molecular flexibility index (Phi) is 5.97. The van der Waals surface area contributed by atoms with Gasteiger partial charge in [-0.2, -0.15) is 0 Å². The molecule has 1 aromatic carbocycles. The summed E-state index contributed by atoms with van der Waals surface area (Å²) in [6.07, 6.45) is 0.506. The highest BCUT2D eigenvalue weighted by Crippen LogP contribution is 2.32. The number of hydrogen-bond acceptors (Lipinski definition) is 5. The molecule has 2 atom stereocenters. The third-order valence-electron chi connectivity index (χ3n) is 3.58. The standard InChI is InChI=1S/C15H21FN2O4/c1-21-14-8-10(16)2-3-12(14)13-9-11(4-5-17-13)22-15(20)18-6-7-19/h2-3,8,11,13,17,19H,4-7,9H2,1H3,(H,18,20). The molecule has 0 aliphatic carbocycles. The van der Waals surface area contributed by atoms with Crippen LogP contribution in [0.25, 0.3) is 0 Å². The molecule has 2 rings (SSSR count). The number of hydrogen-bond donors (Lipinski definition) is 3. The molecule has 3 N–H and O–H groups in total. The summed E-state index contributed by atoms with van der Waals surface area (Å²) in [5.41, 5.74) is 0.841. The zero-order valence-electron chi connectivity index (χ0n) is 12.5. The Morgan fingerprint density at radius 2 is 2.36 bits per heavy atom. The fraction of sp³-hybridized carbons (Fsp3) is 0.533. The molecule has 6 nitrogen and oxygen atoms in total. The van der Waals surface area contributed by atoms with Crippen LogP contribution in [-0.2, 0) is 4.74 Å². The van der Waals surface area contributed by atoms with E-state index in [2.05, 4.69) is 10.6 Å². The third-order valence-corrected chi connectivity index (χ3v) is 3.58. The lowest BCUT2D eigenvalue weighted by atomic mass is 9.94. The van der Waals surface area contributed by atoms with Gasteiger partial charge in [0.2, 0.25) is 0 Å². The van der Waals surface area contributed by atoms with Crippen molar-refractivity contribution in [1.82, 2.24) is 10.6 Å². The Morgan fingerprint density at radius 3 is 3.09 bits per heavy atom. The molecule has 1 aliphatic heterocycles. The summed E-state index contributed by atoms with van der Waals surface area (Å²) in [7, 11) is 1.50. The van der Waals surface area contributed by atoms with Crippen LogP contribution in [0.3, 0.4) is 0 Å². The minimum atomic E-state index is -0.536. The molecule has 0 spiro atoms. The minimum absolute atomic E-state index is 0.0695. The van der Waals surface area contributed by atoms with Gasteiger partial charge < -0.3 is 25.2 Å². The van der Waals surface area contributed by atoms with Gasteiger partial charge >= 0.3 is 6.09 Å². The van der Waals surface area contributed by atoms with Crippen molar-refractivity contribution in [3.8, 4) is 5.75 Å². The van der Waals surface area contributed by atoms with E-state index in [4.69, 9.17) is 14.6 Å². The number of halogens is 1. The van der Waals surface area contributed by atoms with E-state index in [1.807, 2.05) is 0 Å². The lowest BCUT2D eigenvalue weighted by Crippen LogP contribution is -2.39. The molecular weight excluding hydrogens is 291 g/mol. The van der Waals surface area contributed by atoms with Crippen LogP contribution >= 0.6 is 0 Å². The molecule has 1 aliphatic rings. The van der Waals surface area contributed by atoms with Crippen LogP contribution < -0.4 is 15.4 Å². The highest BCUT2D eigenvalue weighted by atomic mass is 19.1. The van der Waals surface area contributed by atoms with Crippen molar-refractivity contribution >= 4 is 6.09 Å². The molecule has 0 aromatic heterocycles. The zero-order chi connectivity index (χ0) is 15.9. The summed E-state index contributed by atoms with van der Waals surface area (Å²) in [5, 5.41) is 14.4. The molecule has 1 amide bonds. The number of carbonyl (C=O) groups is 1. The van der Waals surface area contributed by atoms with Gasteiger partial charge in [-0.15, -0.1) is 0 Å². The molecule has 0 bridgehead atoms. The van der Waals surface area contributed by atoms with Gasteiger partial charge in [0, 0.05) is 30.6 Å². The number of benzene rings is 1. The monoisotopic (exact) mass is 312 g/mol. The van der Waals surface area contributed by atoms with Crippen LogP contribution in [0.15, 0.2) is 18.2 Å². The van der Waals surface area contributed by atoms with Crippen molar-refractivity contribution in [2.45, 2.75) is 25.0 Å². The first-order valence-electron chi connectivity index (χ1n) is 7.26. The van der Waals surface area contributed by atoms with Crippen molar-refractivity contribution in [1.29, 1.82) is 0 Å². The SMILES string of the molecule is COc1cc(F)ccc1C1CC(OC(=O)NCCO)CCN1. The molecule has 0 radical (unpaired) electrons. The summed E-state index contributed by atoms with van der Waals surface area (Å²) < 4.78 is 23.8. The van der Waals surface area contributed by atoms with Gasteiger partial charge in [0.05, 0.1) is 13.7 Å². The van der Waals surface area contributed by atoms with E-state index < -0.39 is 6.09 Å². The number of amides is 1. The summed E-state index contributed by atoms with van der Waals surface area (Å²) in [4.78, 5) is 11.5. The van der Waals surface area contributed by atoms with Gasteiger partial charge in [-0.25, -0.2) is 9.18 Å². The third kappa shape index (κ3) is 4.32. The van der Waals surface area contributed by atoms with Gasteiger partial charge in [-0.05, 0) is 19.0 Å². The number of carbonyl (C=O) groups excluding carboxylic acids is 1. The van der Waals surface area contributed by atoms with Gasteiger partial charge in [-0.1, -0.05) is 6.07 Å². The smallest absolute Gasteiger partial charge is 0.407 e. The van der Waals surface area contributed by atoms with Crippen LogP contribution in [0, 0.1) is 5.82 Å². The second-order valence-electron chi connectivity index (χ2n) is 5.10. The Labute approximate surface area is 128 Å². The number of alkyl carbamates (subject to hydrolysis) is 1. The molecule has 2 unspecified atom stereocenters. The summed E-state index contributed by atoms with van der Waals surface area (Å²) >= 11 is 0. The molecule has 0 saturated carbocycles. The van der Waals surface area contributed by atoms with Gasteiger partial charge in [0.1, 0.15) is 17.7 Å². The molecule has 1 fully saturated rings. The maximum atomic E-state index is 13.3. The number of rotatable bonds is 5. The maximum Gasteiger partial charge on any atom is 0.407 e. The summed E-state index contributed by atoms with van der Waals surface area (Å²) in [6, 6.07) is 4.34. The minimum Gasteiger partial charge on any atom is -0.496 e. The number of methoxy groups -OCH3 is 1. The van der Waals surface area contributed by atoms with E-state index in [1.54, 1.807) is 6.07 Å². The summed E-state index contributed by atoms with van der Waals surface area (Å²) in [6.45, 7) is 0.721. The number of ether oxygens (including phenoxy) is 2. The van der Waals surface area contributed by atoms with Crippen molar-refractivity contribution in [2.24, 2.45) is 0 Å². The van der Waals surface area contributed by atoms with E-state index in [-0.39, 0.29) is 31.1 Å². The van der Waals surface area contributed by atoms with Crippen LogP contribution in [-0.4, -0.2) is 44.1 Å². The molecule has 122 valence electrons. The van der Waals surface area contributed by atoms with Crippen molar-refractivity contribution < 1.29 is 23.8 Å². The topological polar surface area (TPSA) is 79.8 Å². The zero-order valence-corrected chi connectivity index (χ0v) is 12.5. The van der Waals surface area contributed by atoms with E-state index in [1.165, 1.54) is 19.2 Å². The second-order valence-corrected chi connectivity index (χ2v) is 5.10. The molecule has 1 saturated heterocycles. The first kappa shape index (κ1) is 16.5. The van der Waals surface area contributed by atoms with Crippen LogP contribution in [0.4, 0.5) is 9.18 Å². The number of aliphatic hydroxyl groups is 1. The van der Waals surface area contributed by atoms with E-state index in [9.17, 15) is 9.18 Å². The first-order valence-corrected chi connectivity index (χ1v) is 7.26. The molecule has 7 heteroatoms. The van der Waals surface area contributed by atoms with Crippen molar-refractivity contribution in [3.05, 3.63) is 29.6 Å². The molecule has 1 aromatic rings. The number of piperidine rings is 1. The van der Waals surface area contributed by atoms with Crippen molar-refractivity contribution in [2.75, 3.05) is 26.8 Å². The Balaban J connectivity index is 2.00. The molecular formula is C15H21FN2O4.